The number of amides is 2. The van der Waals surface area contributed by atoms with Gasteiger partial charge in [-0.1, -0.05) is 18.2 Å². The molecule has 1 aliphatic heterocycles. The van der Waals surface area contributed by atoms with Crippen LogP contribution in [-0.4, -0.2) is 24.0 Å². The Hall–Kier alpha value is -2.80. The van der Waals surface area contributed by atoms with Crippen molar-refractivity contribution in [3.05, 3.63) is 65.2 Å². The van der Waals surface area contributed by atoms with Crippen LogP contribution in [0.15, 0.2) is 42.5 Å². The Balaban J connectivity index is 2.26. The fourth-order valence-electron chi connectivity index (χ4n) is 3.28. The number of fused-ring (bicyclic) bond motifs is 1. The molecule has 0 spiro atoms. The van der Waals surface area contributed by atoms with Gasteiger partial charge in [-0.05, 0) is 24.3 Å². The van der Waals surface area contributed by atoms with Crippen LogP contribution in [0.25, 0.3) is 0 Å². The number of nitrogens with zero attached hydrogens (tertiary/aromatic N) is 1. The number of nitrogens with one attached hydrogen (secondary N) is 1. The molecule has 0 radical (unpaired) electrons. The lowest BCUT2D eigenvalue weighted by Gasteiger charge is -2.34. The maximum atomic E-state index is 14.2. The molecular weight excluding hydrogens is 330 g/mol. The summed E-state index contributed by atoms with van der Waals surface area (Å²) in [5.41, 5.74) is -1.57. The Kier molecular flexibility index (Phi) is 4.04. The third-order valence-corrected chi connectivity index (χ3v) is 4.37. The van der Waals surface area contributed by atoms with Crippen molar-refractivity contribution in [2.75, 3.05) is 11.9 Å². The number of hydrogen-bond donors (Lipinski definition) is 2. The Morgan fingerprint density at radius 2 is 1.92 bits per heavy atom. The van der Waals surface area contributed by atoms with Crippen LogP contribution >= 0.6 is 0 Å². The third-order valence-electron chi connectivity index (χ3n) is 4.37. The molecule has 1 aliphatic rings. The van der Waals surface area contributed by atoms with Gasteiger partial charge in [0.2, 0.25) is 5.91 Å². The quantitative estimate of drug-likeness (QED) is 0.893. The zero-order valence-electron chi connectivity index (χ0n) is 13.6. The highest BCUT2D eigenvalue weighted by molar-refractivity contribution is 6.09. The molecule has 2 amide bonds. The summed E-state index contributed by atoms with van der Waals surface area (Å²) in [7, 11) is 1.49. The molecule has 0 aromatic heterocycles. The summed E-state index contributed by atoms with van der Waals surface area (Å²) in [6, 6.07) is 9.13. The summed E-state index contributed by atoms with van der Waals surface area (Å²) in [6.45, 7) is 1.19. The van der Waals surface area contributed by atoms with Crippen molar-refractivity contribution in [2.45, 2.75) is 18.6 Å². The lowest BCUT2D eigenvalue weighted by atomic mass is 9.81. The molecule has 0 fully saturated rings. The summed E-state index contributed by atoms with van der Waals surface area (Å²) >= 11 is 0. The summed E-state index contributed by atoms with van der Waals surface area (Å²) in [5.74, 6) is -2.87. The monoisotopic (exact) mass is 346 g/mol. The highest BCUT2D eigenvalue weighted by Crippen LogP contribution is 2.47. The zero-order chi connectivity index (χ0) is 18.4. The van der Waals surface area contributed by atoms with E-state index in [1.54, 1.807) is 24.3 Å². The van der Waals surface area contributed by atoms with Crippen LogP contribution in [0.2, 0.25) is 0 Å². The maximum absolute atomic E-state index is 14.2. The number of halogens is 2. The number of likely N-dealkylation sites (N-methyl/N-ethyl adjacent to an activating group) is 1. The van der Waals surface area contributed by atoms with E-state index in [1.807, 2.05) is 0 Å². The minimum absolute atomic E-state index is 0.314. The van der Waals surface area contributed by atoms with Gasteiger partial charge in [-0.25, -0.2) is 8.78 Å². The van der Waals surface area contributed by atoms with E-state index in [-0.39, 0.29) is 0 Å². The van der Waals surface area contributed by atoms with Gasteiger partial charge < -0.3 is 15.3 Å². The number of aliphatic hydroxyl groups excluding tert-OH is 1. The molecule has 130 valence electrons. The van der Waals surface area contributed by atoms with E-state index in [9.17, 15) is 23.5 Å². The molecule has 1 heterocycles. The van der Waals surface area contributed by atoms with Gasteiger partial charge >= 0.3 is 0 Å². The SMILES string of the molecule is CC(=O)N[C@]1([C@H](O)c2cc(F)ccc2F)C(=O)N(C)c2ccccc21. The molecule has 0 unspecified atom stereocenters. The van der Waals surface area contributed by atoms with Crippen LogP contribution in [-0.2, 0) is 15.1 Å². The van der Waals surface area contributed by atoms with Crippen LogP contribution in [0.4, 0.5) is 14.5 Å². The summed E-state index contributed by atoms with van der Waals surface area (Å²) in [6.07, 6.45) is -1.81. The molecule has 5 nitrogen and oxygen atoms in total. The van der Waals surface area contributed by atoms with Crippen molar-refractivity contribution in [1.29, 1.82) is 0 Å². The maximum Gasteiger partial charge on any atom is 0.260 e. The molecule has 2 atom stereocenters. The first-order valence-electron chi connectivity index (χ1n) is 7.58. The Labute approximate surface area is 142 Å². The van der Waals surface area contributed by atoms with Gasteiger partial charge in [0.15, 0.2) is 5.54 Å². The van der Waals surface area contributed by atoms with E-state index in [4.69, 9.17) is 0 Å². The summed E-state index contributed by atoms with van der Waals surface area (Å²) in [4.78, 5) is 26.0. The molecule has 7 heteroatoms. The van der Waals surface area contributed by atoms with E-state index in [0.717, 1.165) is 18.2 Å². The molecule has 25 heavy (non-hydrogen) atoms. The summed E-state index contributed by atoms with van der Waals surface area (Å²) in [5, 5.41) is 13.4. The van der Waals surface area contributed by atoms with Crippen molar-refractivity contribution in [3.63, 3.8) is 0 Å². The van der Waals surface area contributed by atoms with Crippen molar-refractivity contribution in [2.24, 2.45) is 0 Å². The second-order valence-corrected chi connectivity index (χ2v) is 5.94. The Bertz CT molecular complexity index is 871. The largest absolute Gasteiger partial charge is 0.385 e. The van der Waals surface area contributed by atoms with Crippen molar-refractivity contribution in [1.82, 2.24) is 5.32 Å². The topological polar surface area (TPSA) is 69.6 Å². The van der Waals surface area contributed by atoms with Crippen molar-refractivity contribution in [3.8, 4) is 0 Å². The van der Waals surface area contributed by atoms with Crippen LogP contribution < -0.4 is 10.2 Å². The second kappa shape index (κ2) is 5.93. The number of carbonyl (C=O) groups is 2. The smallest absolute Gasteiger partial charge is 0.260 e. The molecule has 0 aliphatic carbocycles. The highest BCUT2D eigenvalue weighted by atomic mass is 19.1. The number of aliphatic hydroxyl groups is 1. The molecular formula is C18H16F2N2O3. The number of rotatable bonds is 3. The van der Waals surface area contributed by atoms with Crippen molar-refractivity contribution < 1.29 is 23.5 Å². The average molecular weight is 346 g/mol. The third kappa shape index (κ3) is 2.47. The van der Waals surface area contributed by atoms with E-state index >= 15 is 0 Å². The Morgan fingerprint density at radius 1 is 1.24 bits per heavy atom. The molecule has 0 saturated heterocycles. The van der Waals surface area contributed by atoms with E-state index < -0.39 is 40.7 Å². The van der Waals surface area contributed by atoms with Gasteiger partial charge in [0, 0.05) is 30.8 Å². The van der Waals surface area contributed by atoms with Gasteiger partial charge in [-0.3, -0.25) is 9.59 Å². The van der Waals surface area contributed by atoms with Crippen LogP contribution in [0.1, 0.15) is 24.2 Å². The number of anilines is 1. The number of benzene rings is 2. The number of para-hydroxylation sites is 1. The average Bonchev–Trinajstić information content (AvgIpc) is 2.79. The first-order valence-corrected chi connectivity index (χ1v) is 7.58. The minimum Gasteiger partial charge on any atom is -0.385 e. The second-order valence-electron chi connectivity index (χ2n) is 5.94. The van der Waals surface area contributed by atoms with Gasteiger partial charge in [-0.15, -0.1) is 0 Å². The van der Waals surface area contributed by atoms with Crippen LogP contribution in [0.5, 0.6) is 0 Å². The highest BCUT2D eigenvalue weighted by Gasteiger charge is 2.56. The molecule has 2 N–H and O–H groups in total. The summed E-state index contributed by atoms with van der Waals surface area (Å²) < 4.78 is 27.8. The van der Waals surface area contributed by atoms with E-state index in [2.05, 4.69) is 5.32 Å². The fraction of sp³-hybridized carbons (Fsp3) is 0.222. The first kappa shape index (κ1) is 17.0. The van der Waals surface area contributed by atoms with Crippen LogP contribution in [0.3, 0.4) is 0 Å². The van der Waals surface area contributed by atoms with Crippen molar-refractivity contribution >= 4 is 17.5 Å². The molecule has 3 rings (SSSR count). The van der Waals surface area contributed by atoms with Gasteiger partial charge in [0.1, 0.15) is 17.7 Å². The molecule has 0 bridgehead atoms. The Morgan fingerprint density at radius 3 is 2.60 bits per heavy atom. The van der Waals surface area contributed by atoms with E-state index in [1.165, 1.54) is 18.9 Å². The zero-order valence-corrected chi connectivity index (χ0v) is 13.6. The molecule has 2 aromatic carbocycles. The van der Waals surface area contributed by atoms with Gasteiger partial charge in [0.25, 0.3) is 5.91 Å². The number of hydrogen-bond acceptors (Lipinski definition) is 3. The van der Waals surface area contributed by atoms with Crippen LogP contribution in [0, 0.1) is 11.6 Å². The minimum atomic E-state index is -1.94. The predicted molar refractivity (Wildman–Crippen MR) is 86.7 cm³/mol. The molecule has 2 aromatic rings. The number of carbonyl (C=O) groups excluding carboxylic acids is 2. The predicted octanol–water partition coefficient (Wildman–Crippen LogP) is 2.01. The fourth-order valence-corrected chi connectivity index (χ4v) is 3.28. The van der Waals surface area contributed by atoms with E-state index in [0.29, 0.717) is 11.3 Å². The molecule has 0 saturated carbocycles. The first-order chi connectivity index (χ1) is 11.8. The normalized spacial score (nSPS) is 20.4. The standard InChI is InChI=1S/C18H16F2N2O3/c1-10(23)21-18(16(24)12-9-11(19)7-8-14(12)20)13-5-3-4-6-15(13)22(2)17(18)25/h3-9,16,24H,1-2H3,(H,21,23)/t16-,18-/m1/s1. The lowest BCUT2D eigenvalue weighted by molar-refractivity contribution is -0.135. The van der Waals surface area contributed by atoms with Gasteiger partial charge in [0.05, 0.1) is 0 Å². The lowest BCUT2D eigenvalue weighted by Crippen LogP contribution is -2.55. The van der Waals surface area contributed by atoms with Gasteiger partial charge in [-0.2, -0.15) is 0 Å².